The predicted molar refractivity (Wildman–Crippen MR) is 68.4 cm³/mol. The molecule has 2 atom stereocenters. The molecule has 2 aliphatic carbocycles. The van der Waals surface area contributed by atoms with Gasteiger partial charge >= 0.3 is 15.4 Å². The standard InChI is InChI=1S/C13H22F2O3S/c1-9-3-10-5-11(4-9)7-12(2,6-10)8-13(14,15)19(16,17)18/h9-11H,3-8H2,1-2H3,(H,16,17,18). The van der Waals surface area contributed by atoms with Gasteiger partial charge in [0.05, 0.1) is 0 Å². The van der Waals surface area contributed by atoms with Gasteiger partial charge in [-0.15, -0.1) is 0 Å². The van der Waals surface area contributed by atoms with E-state index in [0.29, 0.717) is 30.6 Å². The smallest absolute Gasteiger partial charge is 0.281 e. The molecule has 0 aromatic rings. The van der Waals surface area contributed by atoms with Crippen LogP contribution in [0.5, 0.6) is 0 Å². The highest BCUT2D eigenvalue weighted by Gasteiger charge is 2.52. The zero-order valence-electron chi connectivity index (χ0n) is 11.4. The Morgan fingerprint density at radius 2 is 1.68 bits per heavy atom. The number of fused-ring (bicyclic) bond motifs is 2. The summed E-state index contributed by atoms with van der Waals surface area (Å²) in [6.07, 6.45) is 3.68. The van der Waals surface area contributed by atoms with Crippen LogP contribution in [0.3, 0.4) is 0 Å². The summed E-state index contributed by atoms with van der Waals surface area (Å²) >= 11 is 0. The van der Waals surface area contributed by atoms with Crippen molar-refractivity contribution in [3.8, 4) is 0 Å². The Kier molecular flexibility index (Phi) is 3.71. The number of hydrogen-bond acceptors (Lipinski definition) is 2. The fourth-order valence-electron chi connectivity index (χ4n) is 4.44. The van der Waals surface area contributed by atoms with Gasteiger partial charge < -0.3 is 0 Å². The van der Waals surface area contributed by atoms with Gasteiger partial charge in [0.15, 0.2) is 0 Å². The van der Waals surface area contributed by atoms with E-state index in [1.807, 2.05) is 0 Å². The predicted octanol–water partition coefficient (Wildman–Crippen LogP) is 3.71. The second kappa shape index (κ2) is 4.65. The molecule has 0 amide bonds. The van der Waals surface area contributed by atoms with Gasteiger partial charge in [-0.05, 0) is 55.3 Å². The molecule has 112 valence electrons. The summed E-state index contributed by atoms with van der Waals surface area (Å²) in [5, 5.41) is -4.03. The van der Waals surface area contributed by atoms with Gasteiger partial charge in [-0.1, -0.05) is 13.8 Å². The minimum atomic E-state index is -5.31. The van der Waals surface area contributed by atoms with E-state index >= 15 is 0 Å². The molecule has 2 saturated carbocycles. The maximum absolute atomic E-state index is 13.6. The number of hydrogen-bond donors (Lipinski definition) is 1. The van der Waals surface area contributed by atoms with E-state index in [9.17, 15) is 17.2 Å². The summed E-state index contributed by atoms with van der Waals surface area (Å²) in [7, 11) is -5.31. The van der Waals surface area contributed by atoms with Crippen molar-refractivity contribution in [3.05, 3.63) is 0 Å². The highest BCUT2D eigenvalue weighted by Crippen LogP contribution is 2.54. The Balaban J connectivity index is 2.13. The molecule has 2 aliphatic rings. The van der Waals surface area contributed by atoms with E-state index in [1.54, 1.807) is 6.92 Å². The molecule has 2 rings (SSSR count). The lowest BCUT2D eigenvalue weighted by molar-refractivity contribution is -0.0261. The SMILES string of the molecule is CC1CC2CC(C1)CC(C)(CC(F)(F)S(=O)(=O)O)C2. The molecule has 2 unspecified atom stereocenters. The maximum Gasteiger partial charge on any atom is 0.370 e. The van der Waals surface area contributed by atoms with Crippen molar-refractivity contribution in [2.75, 3.05) is 0 Å². The lowest BCUT2D eigenvalue weighted by atomic mass is 9.58. The van der Waals surface area contributed by atoms with Crippen LogP contribution in [0.25, 0.3) is 0 Å². The third-order valence-electron chi connectivity index (χ3n) is 4.71. The van der Waals surface area contributed by atoms with Crippen LogP contribution >= 0.6 is 0 Å². The molecule has 1 N–H and O–H groups in total. The van der Waals surface area contributed by atoms with Crippen LogP contribution in [0.15, 0.2) is 0 Å². The first-order valence-electron chi connectivity index (χ1n) is 6.86. The largest absolute Gasteiger partial charge is 0.370 e. The summed E-state index contributed by atoms with van der Waals surface area (Å²) in [5.74, 6) is 1.48. The van der Waals surface area contributed by atoms with Crippen molar-refractivity contribution in [1.29, 1.82) is 0 Å². The van der Waals surface area contributed by atoms with Crippen LogP contribution in [0.4, 0.5) is 8.78 Å². The number of halogens is 2. The van der Waals surface area contributed by atoms with E-state index in [0.717, 1.165) is 19.3 Å². The highest BCUT2D eigenvalue weighted by atomic mass is 32.2. The van der Waals surface area contributed by atoms with Crippen molar-refractivity contribution in [2.24, 2.45) is 23.2 Å². The molecule has 2 fully saturated rings. The molecule has 0 aromatic heterocycles. The molecule has 0 saturated heterocycles. The summed E-state index contributed by atoms with van der Waals surface area (Å²) in [6, 6.07) is 0. The van der Waals surface area contributed by atoms with Crippen LogP contribution in [-0.2, 0) is 10.1 Å². The van der Waals surface area contributed by atoms with Gasteiger partial charge in [0.25, 0.3) is 0 Å². The van der Waals surface area contributed by atoms with Crippen molar-refractivity contribution in [1.82, 2.24) is 0 Å². The van der Waals surface area contributed by atoms with Crippen molar-refractivity contribution < 1.29 is 21.8 Å². The van der Waals surface area contributed by atoms with Crippen molar-refractivity contribution in [2.45, 2.75) is 57.6 Å². The van der Waals surface area contributed by atoms with Crippen LogP contribution in [-0.4, -0.2) is 18.2 Å². The highest BCUT2D eigenvalue weighted by molar-refractivity contribution is 7.86. The second-order valence-electron chi connectivity index (χ2n) is 7.05. The molecular weight excluding hydrogens is 274 g/mol. The fourth-order valence-corrected chi connectivity index (χ4v) is 4.97. The summed E-state index contributed by atoms with van der Waals surface area (Å²) < 4.78 is 57.4. The first kappa shape index (κ1) is 15.2. The average Bonchev–Trinajstić information content (AvgIpc) is 2.09. The molecular formula is C13H22F2O3S. The van der Waals surface area contributed by atoms with E-state index in [-0.39, 0.29) is 0 Å². The topological polar surface area (TPSA) is 54.4 Å². The monoisotopic (exact) mass is 296 g/mol. The van der Waals surface area contributed by atoms with Crippen LogP contribution < -0.4 is 0 Å². The third kappa shape index (κ3) is 3.27. The van der Waals surface area contributed by atoms with E-state index in [4.69, 9.17) is 4.55 Å². The first-order chi connectivity index (χ1) is 8.51. The normalized spacial score (nSPS) is 40.2. The maximum atomic E-state index is 13.6. The molecule has 0 heterocycles. The Bertz CT molecular complexity index is 429. The van der Waals surface area contributed by atoms with Crippen molar-refractivity contribution in [3.63, 3.8) is 0 Å². The molecule has 3 nitrogen and oxygen atoms in total. The lowest BCUT2D eigenvalue weighted by Gasteiger charge is -2.48. The van der Waals surface area contributed by atoms with E-state index in [1.165, 1.54) is 0 Å². The summed E-state index contributed by atoms with van der Waals surface area (Å²) in [4.78, 5) is 0. The van der Waals surface area contributed by atoms with Gasteiger partial charge in [0, 0.05) is 6.42 Å². The molecule has 0 aliphatic heterocycles. The van der Waals surface area contributed by atoms with Gasteiger partial charge in [0.1, 0.15) is 0 Å². The lowest BCUT2D eigenvalue weighted by Crippen LogP contribution is -2.41. The Hall–Kier alpha value is -0.230. The molecule has 0 spiro atoms. The summed E-state index contributed by atoms with van der Waals surface area (Å²) in [6.45, 7) is 3.93. The Morgan fingerprint density at radius 1 is 1.21 bits per heavy atom. The van der Waals surface area contributed by atoms with E-state index < -0.39 is 27.2 Å². The average molecular weight is 296 g/mol. The first-order valence-corrected chi connectivity index (χ1v) is 8.30. The van der Waals surface area contributed by atoms with Crippen LogP contribution in [0, 0.1) is 23.2 Å². The van der Waals surface area contributed by atoms with Gasteiger partial charge in [0.2, 0.25) is 0 Å². The van der Waals surface area contributed by atoms with Gasteiger partial charge in [-0.2, -0.15) is 17.2 Å². The fraction of sp³-hybridized carbons (Fsp3) is 1.00. The number of rotatable bonds is 3. The zero-order chi connectivity index (χ0) is 14.5. The molecule has 0 aromatic carbocycles. The minimum absolute atomic E-state index is 0.421. The third-order valence-corrected chi connectivity index (χ3v) is 5.61. The second-order valence-corrected chi connectivity index (χ2v) is 8.60. The van der Waals surface area contributed by atoms with Gasteiger partial charge in [-0.25, -0.2) is 0 Å². The molecule has 2 bridgehead atoms. The Labute approximate surface area is 113 Å². The van der Waals surface area contributed by atoms with Gasteiger partial charge in [-0.3, -0.25) is 4.55 Å². The number of alkyl halides is 2. The molecule has 0 radical (unpaired) electrons. The van der Waals surface area contributed by atoms with Crippen molar-refractivity contribution >= 4 is 10.1 Å². The van der Waals surface area contributed by atoms with Crippen LogP contribution in [0.1, 0.15) is 52.4 Å². The van der Waals surface area contributed by atoms with Crippen LogP contribution in [0.2, 0.25) is 0 Å². The molecule has 19 heavy (non-hydrogen) atoms. The Morgan fingerprint density at radius 3 is 2.11 bits per heavy atom. The minimum Gasteiger partial charge on any atom is -0.281 e. The van der Waals surface area contributed by atoms with E-state index in [2.05, 4.69) is 6.92 Å². The molecule has 6 heteroatoms. The summed E-state index contributed by atoms with van der Waals surface area (Å²) in [5.41, 5.74) is -0.687. The zero-order valence-corrected chi connectivity index (χ0v) is 12.2. The quantitative estimate of drug-likeness (QED) is 0.808.